The average molecular weight is 406 g/mol. The highest BCUT2D eigenvalue weighted by Gasteiger charge is 2.15. The second-order valence-corrected chi connectivity index (χ2v) is 7.84. The Labute approximate surface area is 161 Å². The summed E-state index contributed by atoms with van der Waals surface area (Å²) in [6.07, 6.45) is 0. The molecule has 4 aromatic rings. The molecule has 0 atom stereocenters. The molecule has 8 heteroatoms. The minimum absolute atomic E-state index is 0.299. The third kappa shape index (κ3) is 3.39. The summed E-state index contributed by atoms with van der Waals surface area (Å²) in [7, 11) is 0. The lowest BCUT2D eigenvalue weighted by atomic mass is 10.2. The SMILES string of the molecule is O=C(Nc1nc(-c2nc3ccccc3s2)cs1)c1ccc(Cl)cc1Cl. The quantitative estimate of drug-likeness (QED) is 0.455. The molecule has 4 rings (SSSR count). The summed E-state index contributed by atoms with van der Waals surface area (Å²) in [5.41, 5.74) is 2.03. The van der Waals surface area contributed by atoms with Crippen LogP contribution in [-0.2, 0) is 0 Å². The van der Waals surface area contributed by atoms with Gasteiger partial charge >= 0.3 is 0 Å². The van der Waals surface area contributed by atoms with Crippen LogP contribution >= 0.6 is 45.9 Å². The first-order chi connectivity index (χ1) is 12.1. The van der Waals surface area contributed by atoms with Gasteiger partial charge in [0, 0.05) is 10.4 Å². The highest BCUT2D eigenvalue weighted by atomic mass is 35.5. The van der Waals surface area contributed by atoms with Gasteiger partial charge in [-0.3, -0.25) is 10.1 Å². The summed E-state index contributed by atoms with van der Waals surface area (Å²) in [5, 5.41) is 6.72. The molecule has 0 bridgehead atoms. The van der Waals surface area contributed by atoms with Crippen molar-refractivity contribution in [3.63, 3.8) is 0 Å². The summed E-state index contributed by atoms with van der Waals surface area (Å²) in [6, 6.07) is 12.7. The van der Waals surface area contributed by atoms with Crippen LogP contribution in [0.3, 0.4) is 0 Å². The van der Waals surface area contributed by atoms with Crippen LogP contribution in [0, 0.1) is 0 Å². The zero-order chi connectivity index (χ0) is 17.4. The second kappa shape index (κ2) is 6.72. The first-order valence-electron chi connectivity index (χ1n) is 7.18. The number of benzene rings is 2. The van der Waals surface area contributed by atoms with Crippen LogP contribution in [0.25, 0.3) is 20.9 Å². The van der Waals surface area contributed by atoms with E-state index in [4.69, 9.17) is 23.2 Å². The molecule has 124 valence electrons. The molecule has 0 fully saturated rings. The number of thiazole rings is 2. The minimum atomic E-state index is -0.327. The molecular weight excluding hydrogens is 397 g/mol. The van der Waals surface area contributed by atoms with Gasteiger partial charge in [0.25, 0.3) is 5.91 Å². The highest BCUT2D eigenvalue weighted by molar-refractivity contribution is 7.22. The van der Waals surface area contributed by atoms with Gasteiger partial charge in [-0.2, -0.15) is 0 Å². The predicted molar refractivity (Wildman–Crippen MR) is 105 cm³/mol. The van der Waals surface area contributed by atoms with E-state index in [-0.39, 0.29) is 5.91 Å². The Morgan fingerprint density at radius 1 is 1.08 bits per heavy atom. The molecular formula is C17H9Cl2N3OS2. The molecule has 2 aromatic carbocycles. The third-order valence-corrected chi connectivity index (χ3v) is 5.78. The summed E-state index contributed by atoms with van der Waals surface area (Å²) in [4.78, 5) is 21.4. The van der Waals surface area contributed by atoms with E-state index in [9.17, 15) is 4.79 Å². The van der Waals surface area contributed by atoms with Gasteiger partial charge in [0.2, 0.25) is 0 Å². The van der Waals surface area contributed by atoms with Crippen molar-refractivity contribution in [3.8, 4) is 10.7 Å². The number of carbonyl (C=O) groups excluding carboxylic acids is 1. The largest absolute Gasteiger partial charge is 0.298 e. The maximum atomic E-state index is 12.3. The predicted octanol–water partition coefficient (Wildman–Crippen LogP) is 5.98. The topological polar surface area (TPSA) is 54.9 Å². The molecule has 0 spiro atoms. The number of nitrogens with one attached hydrogen (secondary N) is 1. The molecule has 0 saturated heterocycles. The number of nitrogens with zero attached hydrogens (tertiary/aromatic N) is 2. The van der Waals surface area contributed by atoms with Crippen LogP contribution in [0.1, 0.15) is 10.4 Å². The van der Waals surface area contributed by atoms with Crippen molar-refractivity contribution in [2.75, 3.05) is 5.32 Å². The van der Waals surface area contributed by atoms with E-state index in [1.807, 2.05) is 29.6 Å². The van der Waals surface area contributed by atoms with E-state index >= 15 is 0 Å². The minimum Gasteiger partial charge on any atom is -0.298 e. The number of halogens is 2. The summed E-state index contributed by atoms with van der Waals surface area (Å²) in [6.45, 7) is 0. The van der Waals surface area contributed by atoms with Crippen molar-refractivity contribution in [3.05, 3.63) is 63.5 Å². The standard InChI is InChI=1S/C17H9Cl2N3OS2/c18-9-5-6-10(11(19)7-9)15(23)22-17-21-13(8-24-17)16-20-12-3-1-2-4-14(12)25-16/h1-8H,(H,21,22,23). The average Bonchev–Trinajstić information content (AvgIpc) is 3.20. The Kier molecular flexibility index (Phi) is 4.43. The normalized spacial score (nSPS) is 11.0. The lowest BCUT2D eigenvalue weighted by molar-refractivity contribution is 0.102. The van der Waals surface area contributed by atoms with Crippen molar-refractivity contribution >= 4 is 67.1 Å². The van der Waals surface area contributed by atoms with E-state index in [0.717, 1.165) is 20.9 Å². The maximum absolute atomic E-state index is 12.3. The fourth-order valence-electron chi connectivity index (χ4n) is 2.25. The van der Waals surface area contributed by atoms with Crippen LogP contribution in [-0.4, -0.2) is 15.9 Å². The molecule has 0 unspecified atom stereocenters. The fraction of sp³-hybridized carbons (Fsp3) is 0. The third-order valence-electron chi connectivity index (χ3n) is 3.41. The van der Waals surface area contributed by atoms with Crippen molar-refractivity contribution in [1.29, 1.82) is 0 Å². The Bertz CT molecular complexity index is 1060. The molecule has 2 aromatic heterocycles. The molecule has 0 aliphatic rings. The van der Waals surface area contributed by atoms with Crippen molar-refractivity contribution < 1.29 is 4.79 Å². The molecule has 0 radical (unpaired) electrons. The molecule has 1 N–H and O–H groups in total. The maximum Gasteiger partial charge on any atom is 0.258 e. The zero-order valence-electron chi connectivity index (χ0n) is 12.5. The van der Waals surface area contributed by atoms with E-state index < -0.39 is 0 Å². The first-order valence-corrected chi connectivity index (χ1v) is 9.63. The smallest absolute Gasteiger partial charge is 0.258 e. The van der Waals surface area contributed by atoms with Crippen LogP contribution in [0.4, 0.5) is 5.13 Å². The van der Waals surface area contributed by atoms with E-state index in [1.54, 1.807) is 23.5 Å². The lowest BCUT2D eigenvalue weighted by Crippen LogP contribution is -2.12. The Balaban J connectivity index is 1.57. The van der Waals surface area contributed by atoms with Gasteiger partial charge in [0.15, 0.2) is 5.13 Å². The number of hydrogen-bond donors (Lipinski definition) is 1. The van der Waals surface area contributed by atoms with Gasteiger partial charge in [-0.1, -0.05) is 35.3 Å². The zero-order valence-corrected chi connectivity index (χ0v) is 15.6. The summed E-state index contributed by atoms with van der Waals surface area (Å²) < 4.78 is 1.10. The number of carbonyl (C=O) groups is 1. The number of fused-ring (bicyclic) bond motifs is 1. The number of aromatic nitrogens is 2. The van der Waals surface area contributed by atoms with Gasteiger partial charge in [0.1, 0.15) is 10.7 Å². The molecule has 0 saturated carbocycles. The van der Waals surface area contributed by atoms with Crippen LogP contribution in [0.5, 0.6) is 0 Å². The molecule has 2 heterocycles. The Morgan fingerprint density at radius 2 is 1.92 bits per heavy atom. The Morgan fingerprint density at radius 3 is 2.72 bits per heavy atom. The highest BCUT2D eigenvalue weighted by Crippen LogP contribution is 2.32. The number of para-hydroxylation sites is 1. The van der Waals surface area contributed by atoms with E-state index in [0.29, 0.717) is 20.7 Å². The van der Waals surface area contributed by atoms with Gasteiger partial charge in [-0.25, -0.2) is 9.97 Å². The molecule has 0 aliphatic heterocycles. The second-order valence-electron chi connectivity index (χ2n) is 5.10. The summed E-state index contributed by atoms with van der Waals surface area (Å²) >= 11 is 14.8. The van der Waals surface area contributed by atoms with Gasteiger partial charge in [0.05, 0.1) is 20.8 Å². The number of rotatable bonds is 3. The summed E-state index contributed by atoms with van der Waals surface area (Å²) in [5.74, 6) is -0.327. The number of anilines is 1. The van der Waals surface area contributed by atoms with E-state index in [1.165, 1.54) is 17.4 Å². The van der Waals surface area contributed by atoms with Crippen LogP contribution < -0.4 is 5.32 Å². The van der Waals surface area contributed by atoms with Gasteiger partial charge in [-0.05, 0) is 30.3 Å². The first kappa shape index (κ1) is 16.5. The van der Waals surface area contributed by atoms with Crippen molar-refractivity contribution in [2.24, 2.45) is 0 Å². The van der Waals surface area contributed by atoms with E-state index in [2.05, 4.69) is 15.3 Å². The number of hydrogen-bond acceptors (Lipinski definition) is 5. The lowest BCUT2D eigenvalue weighted by Gasteiger charge is -2.04. The van der Waals surface area contributed by atoms with Gasteiger partial charge in [-0.15, -0.1) is 22.7 Å². The van der Waals surface area contributed by atoms with Crippen LogP contribution in [0.15, 0.2) is 47.8 Å². The number of amides is 1. The van der Waals surface area contributed by atoms with Crippen molar-refractivity contribution in [2.45, 2.75) is 0 Å². The molecule has 25 heavy (non-hydrogen) atoms. The van der Waals surface area contributed by atoms with Gasteiger partial charge < -0.3 is 0 Å². The molecule has 0 aliphatic carbocycles. The Hall–Kier alpha value is -1.99. The fourth-order valence-corrected chi connectivity index (χ4v) is 4.43. The monoisotopic (exact) mass is 405 g/mol. The van der Waals surface area contributed by atoms with Crippen LogP contribution in [0.2, 0.25) is 10.0 Å². The molecule has 1 amide bonds. The molecule has 4 nitrogen and oxygen atoms in total. The van der Waals surface area contributed by atoms with Crippen molar-refractivity contribution in [1.82, 2.24) is 9.97 Å².